The van der Waals surface area contributed by atoms with Gasteiger partial charge in [0.05, 0.1) is 11.4 Å². The molecule has 2 rings (SSSR count). The van der Waals surface area contributed by atoms with Crippen LogP contribution in [0.1, 0.15) is 12.6 Å². The van der Waals surface area contributed by atoms with Gasteiger partial charge in [0.15, 0.2) is 0 Å². The SMILES string of the molecule is CCn1nccc1-c1cnc(N(C)C)nc1C. The van der Waals surface area contributed by atoms with E-state index in [0.717, 1.165) is 29.4 Å². The van der Waals surface area contributed by atoms with Gasteiger partial charge in [-0.2, -0.15) is 5.10 Å². The molecular weight excluding hydrogens is 214 g/mol. The molecule has 0 aliphatic heterocycles. The molecule has 0 bridgehead atoms. The van der Waals surface area contributed by atoms with Crippen LogP contribution in [0.25, 0.3) is 11.3 Å². The molecule has 17 heavy (non-hydrogen) atoms. The molecule has 5 nitrogen and oxygen atoms in total. The second kappa shape index (κ2) is 4.53. The first-order valence-electron chi connectivity index (χ1n) is 5.66. The average Bonchev–Trinajstić information content (AvgIpc) is 2.76. The topological polar surface area (TPSA) is 46.8 Å². The van der Waals surface area contributed by atoms with Crippen molar-refractivity contribution in [3.05, 3.63) is 24.2 Å². The van der Waals surface area contributed by atoms with Gasteiger partial charge in [0.25, 0.3) is 0 Å². The van der Waals surface area contributed by atoms with Crippen molar-refractivity contribution in [1.82, 2.24) is 19.7 Å². The zero-order valence-electron chi connectivity index (χ0n) is 10.7. The molecule has 2 aromatic heterocycles. The van der Waals surface area contributed by atoms with Gasteiger partial charge in [-0.3, -0.25) is 4.68 Å². The molecule has 90 valence electrons. The molecule has 0 aliphatic rings. The van der Waals surface area contributed by atoms with Crippen molar-refractivity contribution in [3.63, 3.8) is 0 Å². The summed E-state index contributed by atoms with van der Waals surface area (Å²) < 4.78 is 1.95. The molecule has 0 aliphatic carbocycles. The number of aryl methyl sites for hydroxylation is 2. The number of rotatable bonds is 3. The van der Waals surface area contributed by atoms with Crippen LogP contribution in [0.15, 0.2) is 18.5 Å². The highest BCUT2D eigenvalue weighted by Gasteiger charge is 2.10. The third-order valence-electron chi connectivity index (χ3n) is 2.66. The normalized spacial score (nSPS) is 10.6. The lowest BCUT2D eigenvalue weighted by atomic mass is 10.2. The third-order valence-corrected chi connectivity index (χ3v) is 2.66. The summed E-state index contributed by atoms with van der Waals surface area (Å²) in [5.41, 5.74) is 3.07. The predicted octanol–water partition coefficient (Wildman–Crippen LogP) is 1.73. The lowest BCUT2D eigenvalue weighted by molar-refractivity contribution is 0.666. The highest BCUT2D eigenvalue weighted by Crippen LogP contribution is 2.22. The van der Waals surface area contributed by atoms with Crippen molar-refractivity contribution in [1.29, 1.82) is 0 Å². The zero-order valence-corrected chi connectivity index (χ0v) is 10.7. The second-order valence-corrected chi connectivity index (χ2v) is 4.10. The van der Waals surface area contributed by atoms with Gasteiger partial charge in [0, 0.05) is 38.6 Å². The van der Waals surface area contributed by atoms with Crippen LogP contribution < -0.4 is 4.90 Å². The molecular formula is C12H17N5. The van der Waals surface area contributed by atoms with Crippen LogP contribution in [0.5, 0.6) is 0 Å². The van der Waals surface area contributed by atoms with Crippen molar-refractivity contribution in [3.8, 4) is 11.3 Å². The van der Waals surface area contributed by atoms with Crippen LogP contribution in [0, 0.1) is 6.92 Å². The van der Waals surface area contributed by atoms with E-state index < -0.39 is 0 Å². The first-order valence-corrected chi connectivity index (χ1v) is 5.66. The number of anilines is 1. The number of hydrogen-bond donors (Lipinski definition) is 0. The molecule has 0 N–H and O–H groups in total. The van der Waals surface area contributed by atoms with E-state index in [1.807, 2.05) is 42.9 Å². The van der Waals surface area contributed by atoms with Crippen LogP contribution in [-0.4, -0.2) is 33.8 Å². The molecule has 0 amide bonds. The predicted molar refractivity (Wildman–Crippen MR) is 68.0 cm³/mol. The number of hydrogen-bond acceptors (Lipinski definition) is 4. The highest BCUT2D eigenvalue weighted by molar-refractivity contribution is 5.61. The Hall–Kier alpha value is -1.91. The molecule has 0 atom stereocenters. The Balaban J connectivity index is 2.47. The first-order chi connectivity index (χ1) is 8.13. The summed E-state index contributed by atoms with van der Waals surface area (Å²) in [5, 5.41) is 4.26. The molecule has 2 aromatic rings. The maximum atomic E-state index is 4.48. The second-order valence-electron chi connectivity index (χ2n) is 4.10. The molecule has 0 spiro atoms. The fourth-order valence-electron chi connectivity index (χ4n) is 1.74. The molecule has 0 aromatic carbocycles. The van der Waals surface area contributed by atoms with E-state index in [-0.39, 0.29) is 0 Å². The van der Waals surface area contributed by atoms with Crippen LogP contribution >= 0.6 is 0 Å². The summed E-state index contributed by atoms with van der Waals surface area (Å²) in [6.07, 6.45) is 3.67. The van der Waals surface area contributed by atoms with Gasteiger partial charge in [0.1, 0.15) is 0 Å². The summed E-state index contributed by atoms with van der Waals surface area (Å²) in [6, 6.07) is 1.99. The minimum absolute atomic E-state index is 0.730. The lowest BCUT2D eigenvalue weighted by Crippen LogP contribution is -2.13. The molecule has 0 radical (unpaired) electrons. The van der Waals surface area contributed by atoms with E-state index in [9.17, 15) is 0 Å². The molecule has 0 saturated carbocycles. The quantitative estimate of drug-likeness (QED) is 0.807. The summed E-state index contributed by atoms with van der Waals surface area (Å²) >= 11 is 0. The molecule has 0 unspecified atom stereocenters. The smallest absolute Gasteiger partial charge is 0.225 e. The Morgan fingerprint density at radius 1 is 1.35 bits per heavy atom. The standard InChI is InChI=1S/C12H17N5/c1-5-17-11(6-7-14-17)10-8-13-12(16(3)4)15-9(10)2/h6-8H,5H2,1-4H3. The van der Waals surface area contributed by atoms with E-state index in [0.29, 0.717) is 0 Å². The van der Waals surface area contributed by atoms with Crippen molar-refractivity contribution in [2.24, 2.45) is 0 Å². The van der Waals surface area contributed by atoms with Gasteiger partial charge in [-0.05, 0) is 19.9 Å². The zero-order chi connectivity index (χ0) is 12.4. The minimum Gasteiger partial charge on any atom is -0.347 e. The summed E-state index contributed by atoms with van der Waals surface area (Å²) in [5.74, 6) is 0.730. The Bertz CT molecular complexity index is 515. The van der Waals surface area contributed by atoms with Crippen LogP contribution in [-0.2, 0) is 6.54 Å². The van der Waals surface area contributed by atoms with Crippen LogP contribution in [0.3, 0.4) is 0 Å². The monoisotopic (exact) mass is 231 g/mol. The Morgan fingerprint density at radius 3 is 2.71 bits per heavy atom. The molecule has 5 heteroatoms. The largest absolute Gasteiger partial charge is 0.347 e. The Labute approximate surface area is 101 Å². The van der Waals surface area contributed by atoms with E-state index in [4.69, 9.17) is 0 Å². The van der Waals surface area contributed by atoms with E-state index in [1.165, 1.54) is 0 Å². The minimum atomic E-state index is 0.730. The van der Waals surface area contributed by atoms with E-state index in [2.05, 4.69) is 22.0 Å². The van der Waals surface area contributed by atoms with Crippen LogP contribution in [0.4, 0.5) is 5.95 Å². The van der Waals surface area contributed by atoms with Gasteiger partial charge < -0.3 is 4.90 Å². The molecule has 0 saturated heterocycles. The maximum Gasteiger partial charge on any atom is 0.225 e. The van der Waals surface area contributed by atoms with Gasteiger partial charge >= 0.3 is 0 Å². The van der Waals surface area contributed by atoms with E-state index in [1.54, 1.807) is 6.20 Å². The lowest BCUT2D eigenvalue weighted by Gasteiger charge is -2.12. The van der Waals surface area contributed by atoms with Crippen LogP contribution in [0.2, 0.25) is 0 Å². The summed E-state index contributed by atoms with van der Waals surface area (Å²) in [6.45, 7) is 4.91. The number of nitrogens with zero attached hydrogens (tertiary/aromatic N) is 5. The van der Waals surface area contributed by atoms with Crippen molar-refractivity contribution in [2.45, 2.75) is 20.4 Å². The molecule has 0 fully saturated rings. The third kappa shape index (κ3) is 2.13. The van der Waals surface area contributed by atoms with Gasteiger partial charge in [-0.15, -0.1) is 0 Å². The fourth-order valence-corrected chi connectivity index (χ4v) is 1.74. The Morgan fingerprint density at radius 2 is 2.12 bits per heavy atom. The number of aromatic nitrogens is 4. The highest BCUT2D eigenvalue weighted by atomic mass is 15.3. The van der Waals surface area contributed by atoms with Gasteiger partial charge in [0.2, 0.25) is 5.95 Å². The van der Waals surface area contributed by atoms with Crippen molar-refractivity contribution >= 4 is 5.95 Å². The average molecular weight is 231 g/mol. The Kier molecular flexibility index (Phi) is 3.08. The summed E-state index contributed by atoms with van der Waals surface area (Å²) in [4.78, 5) is 10.7. The maximum absolute atomic E-state index is 4.48. The van der Waals surface area contributed by atoms with Gasteiger partial charge in [-0.25, -0.2) is 9.97 Å². The fraction of sp³-hybridized carbons (Fsp3) is 0.417. The van der Waals surface area contributed by atoms with Gasteiger partial charge in [-0.1, -0.05) is 0 Å². The first kappa shape index (κ1) is 11.6. The summed E-state index contributed by atoms with van der Waals surface area (Å²) in [7, 11) is 3.87. The van der Waals surface area contributed by atoms with Crippen molar-refractivity contribution in [2.75, 3.05) is 19.0 Å². The van der Waals surface area contributed by atoms with Crippen molar-refractivity contribution < 1.29 is 0 Å². The van der Waals surface area contributed by atoms with E-state index >= 15 is 0 Å². The molecule has 2 heterocycles.